The van der Waals surface area contributed by atoms with E-state index in [4.69, 9.17) is 0 Å². The molecule has 0 radical (unpaired) electrons. The van der Waals surface area contributed by atoms with Gasteiger partial charge in [0.05, 0.1) is 0 Å². The Morgan fingerprint density at radius 1 is 1.27 bits per heavy atom. The summed E-state index contributed by atoms with van der Waals surface area (Å²) >= 11 is 0. The highest BCUT2D eigenvalue weighted by atomic mass is 19.3. The number of halogens is 2. The number of alkyl halides is 2. The second kappa shape index (κ2) is 4.68. The van der Waals surface area contributed by atoms with Crippen LogP contribution >= 0.6 is 0 Å². The largest absolute Gasteiger partial charge is 0.587 e. The van der Waals surface area contributed by atoms with E-state index >= 15 is 0 Å². The van der Waals surface area contributed by atoms with Crippen LogP contribution in [0.4, 0.5) is 8.78 Å². The molecule has 3 nitrogen and oxygen atoms in total. The lowest BCUT2D eigenvalue weighted by molar-refractivity contribution is -0.341. The molecule has 0 spiro atoms. The summed E-state index contributed by atoms with van der Waals surface area (Å²) in [5.41, 5.74) is 0. The van der Waals surface area contributed by atoms with Crippen molar-refractivity contribution in [1.82, 2.24) is 4.90 Å². The van der Waals surface area contributed by atoms with Crippen LogP contribution < -0.4 is 0 Å². The van der Waals surface area contributed by atoms with Gasteiger partial charge < -0.3 is 14.4 Å². The van der Waals surface area contributed by atoms with Crippen LogP contribution in [0.15, 0.2) is 11.6 Å². The third-order valence-electron chi connectivity index (χ3n) is 2.23. The van der Waals surface area contributed by atoms with Crippen molar-refractivity contribution in [2.75, 3.05) is 13.6 Å². The van der Waals surface area contributed by atoms with E-state index in [9.17, 15) is 8.78 Å². The number of rotatable bonds is 5. The quantitative estimate of drug-likeness (QED) is 0.666. The van der Waals surface area contributed by atoms with Crippen LogP contribution in [0.5, 0.6) is 0 Å². The summed E-state index contributed by atoms with van der Waals surface area (Å²) in [5.74, 6) is 0.273. The van der Waals surface area contributed by atoms with Gasteiger partial charge in [-0.3, -0.25) is 0 Å². The minimum Gasteiger partial charge on any atom is -0.398 e. The van der Waals surface area contributed by atoms with Crippen molar-refractivity contribution in [1.29, 1.82) is 0 Å². The molecule has 0 bridgehead atoms. The van der Waals surface area contributed by atoms with E-state index in [2.05, 4.69) is 16.4 Å². The summed E-state index contributed by atoms with van der Waals surface area (Å²) in [4.78, 5) is 1.66. The molecule has 0 aromatic rings. The van der Waals surface area contributed by atoms with Crippen LogP contribution in [0.1, 0.15) is 33.1 Å². The molecule has 5 heteroatoms. The zero-order chi connectivity index (χ0) is 11.5. The summed E-state index contributed by atoms with van der Waals surface area (Å²) in [6.45, 7) is 4.26. The molecule has 1 rings (SSSR count). The second-order valence-corrected chi connectivity index (χ2v) is 3.66. The number of hydrogen-bond acceptors (Lipinski definition) is 3. The van der Waals surface area contributed by atoms with Gasteiger partial charge in [0.25, 0.3) is 0 Å². The maximum Gasteiger partial charge on any atom is 0.587 e. The van der Waals surface area contributed by atoms with Crippen molar-refractivity contribution in [3.05, 3.63) is 11.6 Å². The second-order valence-electron chi connectivity index (χ2n) is 3.66. The summed E-state index contributed by atoms with van der Waals surface area (Å²) in [5, 5.41) is 0. The number of ether oxygens (including phenoxy) is 2. The van der Waals surface area contributed by atoms with Crippen LogP contribution in [-0.2, 0) is 9.47 Å². The number of hydrogen-bond donors (Lipinski definition) is 0. The molecule has 0 saturated carbocycles. The Kier molecular flexibility index (Phi) is 3.77. The zero-order valence-electron chi connectivity index (χ0n) is 9.35. The van der Waals surface area contributed by atoms with Gasteiger partial charge in [-0.25, -0.2) is 0 Å². The Hall–Kier alpha value is -1.00. The normalized spacial score (nSPS) is 18.7. The van der Waals surface area contributed by atoms with Crippen LogP contribution in [0.3, 0.4) is 0 Å². The summed E-state index contributed by atoms with van der Waals surface area (Å²) in [7, 11) is 1.72. The van der Waals surface area contributed by atoms with Gasteiger partial charge in [-0.15, -0.1) is 8.78 Å². The van der Waals surface area contributed by atoms with E-state index in [0.29, 0.717) is 6.54 Å². The maximum atomic E-state index is 12.7. The van der Waals surface area contributed by atoms with E-state index in [0.717, 1.165) is 19.3 Å². The summed E-state index contributed by atoms with van der Waals surface area (Å²) in [6, 6.07) is 0. The highest BCUT2D eigenvalue weighted by molar-refractivity contribution is 5.01. The Balaban J connectivity index is 2.46. The molecule has 0 unspecified atom stereocenters. The van der Waals surface area contributed by atoms with Gasteiger partial charge in [-0.2, -0.15) is 0 Å². The predicted octanol–water partition coefficient (Wildman–Crippen LogP) is 2.89. The van der Waals surface area contributed by atoms with Crippen molar-refractivity contribution in [3.8, 4) is 0 Å². The van der Waals surface area contributed by atoms with E-state index < -0.39 is 6.29 Å². The third kappa shape index (κ3) is 3.25. The SMILES string of the molecule is CCCCCN(C)C1=C(C)OC(F)(F)O1. The Morgan fingerprint density at radius 2 is 1.93 bits per heavy atom. The lowest BCUT2D eigenvalue weighted by Crippen LogP contribution is -2.24. The first-order valence-electron chi connectivity index (χ1n) is 5.14. The average Bonchev–Trinajstić information content (AvgIpc) is 2.40. The Bertz CT molecular complexity index is 254. The van der Waals surface area contributed by atoms with Crippen LogP contribution in [0.25, 0.3) is 0 Å². The molecule has 88 valence electrons. The fraction of sp³-hybridized carbons (Fsp3) is 0.800. The molecule has 1 aliphatic heterocycles. The van der Waals surface area contributed by atoms with Crippen molar-refractivity contribution >= 4 is 0 Å². The number of unbranched alkanes of at least 4 members (excludes halogenated alkanes) is 2. The summed E-state index contributed by atoms with van der Waals surface area (Å²) < 4.78 is 34.0. The van der Waals surface area contributed by atoms with E-state index in [1.54, 1.807) is 11.9 Å². The molecule has 0 aromatic carbocycles. The van der Waals surface area contributed by atoms with Crippen LogP contribution in [0.2, 0.25) is 0 Å². The third-order valence-corrected chi connectivity index (χ3v) is 2.23. The van der Waals surface area contributed by atoms with Crippen molar-refractivity contribution in [2.24, 2.45) is 0 Å². The van der Waals surface area contributed by atoms with Gasteiger partial charge in [0.1, 0.15) is 0 Å². The minimum atomic E-state index is -3.50. The van der Waals surface area contributed by atoms with Crippen molar-refractivity contribution < 1.29 is 18.3 Å². The Morgan fingerprint density at radius 3 is 2.40 bits per heavy atom. The number of nitrogens with zero attached hydrogens (tertiary/aromatic N) is 1. The van der Waals surface area contributed by atoms with Gasteiger partial charge >= 0.3 is 6.29 Å². The van der Waals surface area contributed by atoms with Gasteiger partial charge in [0.2, 0.25) is 5.88 Å². The number of allylic oxidation sites excluding steroid dienone is 1. The average molecular weight is 221 g/mol. The Labute approximate surface area is 88.6 Å². The van der Waals surface area contributed by atoms with Gasteiger partial charge in [-0.1, -0.05) is 19.8 Å². The summed E-state index contributed by atoms with van der Waals surface area (Å²) in [6.07, 6.45) is -0.371. The van der Waals surface area contributed by atoms with E-state index in [-0.39, 0.29) is 11.6 Å². The molecule has 15 heavy (non-hydrogen) atoms. The lowest BCUT2D eigenvalue weighted by atomic mass is 10.2. The first-order chi connectivity index (χ1) is 6.96. The molecule has 0 N–H and O–H groups in total. The molecule has 0 amide bonds. The standard InChI is InChI=1S/C10H17F2NO2/c1-4-5-6-7-13(3)9-8(2)14-10(11,12)15-9/h4-7H2,1-3H3. The molecule has 0 fully saturated rings. The maximum absolute atomic E-state index is 12.7. The molecule has 1 aliphatic rings. The fourth-order valence-electron chi connectivity index (χ4n) is 1.47. The molecular formula is C10H17F2NO2. The van der Waals surface area contributed by atoms with E-state index in [1.807, 2.05) is 0 Å². The first kappa shape index (κ1) is 12.1. The predicted molar refractivity (Wildman–Crippen MR) is 52.0 cm³/mol. The molecule has 0 aliphatic carbocycles. The zero-order valence-corrected chi connectivity index (χ0v) is 9.35. The molecule has 0 aromatic heterocycles. The molecule has 0 saturated heterocycles. The van der Waals surface area contributed by atoms with Gasteiger partial charge in [0.15, 0.2) is 5.76 Å². The highest BCUT2D eigenvalue weighted by Crippen LogP contribution is 2.34. The monoisotopic (exact) mass is 221 g/mol. The van der Waals surface area contributed by atoms with E-state index in [1.165, 1.54) is 6.92 Å². The van der Waals surface area contributed by atoms with Gasteiger partial charge in [0, 0.05) is 13.6 Å². The van der Waals surface area contributed by atoms with Crippen LogP contribution in [0, 0.1) is 0 Å². The molecule has 0 atom stereocenters. The molecule has 1 heterocycles. The van der Waals surface area contributed by atoms with Crippen molar-refractivity contribution in [3.63, 3.8) is 0 Å². The fourth-order valence-corrected chi connectivity index (χ4v) is 1.47. The smallest absolute Gasteiger partial charge is 0.398 e. The molecular weight excluding hydrogens is 204 g/mol. The lowest BCUT2D eigenvalue weighted by Gasteiger charge is -2.19. The van der Waals surface area contributed by atoms with Gasteiger partial charge in [-0.05, 0) is 13.3 Å². The highest BCUT2D eigenvalue weighted by Gasteiger charge is 2.44. The first-order valence-corrected chi connectivity index (χ1v) is 5.14. The topological polar surface area (TPSA) is 21.7 Å². The minimum absolute atomic E-state index is 0.135. The van der Waals surface area contributed by atoms with Crippen LogP contribution in [-0.4, -0.2) is 24.8 Å². The van der Waals surface area contributed by atoms with Crippen molar-refractivity contribution in [2.45, 2.75) is 39.4 Å².